The van der Waals surface area contributed by atoms with Gasteiger partial charge in [0.25, 0.3) is 0 Å². The van der Waals surface area contributed by atoms with Crippen LogP contribution in [0.2, 0.25) is 0 Å². The number of amides is 5. The lowest BCUT2D eigenvalue weighted by atomic mass is 10.0. The topological polar surface area (TPSA) is 237 Å². The molecular formula is C20H28N6O7. The molecule has 33 heavy (non-hydrogen) atoms. The highest BCUT2D eigenvalue weighted by Crippen LogP contribution is 2.06. The number of primary amides is 2. The van der Waals surface area contributed by atoms with Crippen LogP contribution in [0.5, 0.6) is 0 Å². The molecule has 3 atom stereocenters. The highest BCUT2D eigenvalue weighted by molar-refractivity contribution is 5.95. The van der Waals surface area contributed by atoms with Crippen LogP contribution in [0.25, 0.3) is 0 Å². The van der Waals surface area contributed by atoms with Gasteiger partial charge in [-0.25, -0.2) is 4.79 Å². The molecule has 0 aromatic heterocycles. The van der Waals surface area contributed by atoms with Crippen molar-refractivity contribution in [3.8, 4) is 0 Å². The molecule has 0 aliphatic carbocycles. The number of carbonyl (C=O) groups excluding carboxylic acids is 5. The zero-order valence-electron chi connectivity index (χ0n) is 17.8. The van der Waals surface area contributed by atoms with Crippen LogP contribution in [-0.4, -0.2) is 65.3 Å². The lowest BCUT2D eigenvalue weighted by Gasteiger charge is -2.24. The van der Waals surface area contributed by atoms with Gasteiger partial charge in [0.1, 0.15) is 18.1 Å². The van der Waals surface area contributed by atoms with E-state index in [-0.39, 0.29) is 19.3 Å². The molecule has 1 aromatic rings. The van der Waals surface area contributed by atoms with Gasteiger partial charge >= 0.3 is 5.97 Å². The van der Waals surface area contributed by atoms with E-state index in [2.05, 4.69) is 16.0 Å². The summed E-state index contributed by atoms with van der Waals surface area (Å²) in [6, 6.07) is 4.42. The highest BCUT2D eigenvalue weighted by Gasteiger charge is 2.30. The predicted molar refractivity (Wildman–Crippen MR) is 115 cm³/mol. The monoisotopic (exact) mass is 464 g/mol. The standard InChI is InChI=1S/C20H28N6O7/c21-10-17(29)24-14(9-16(23)28)19(31)26-13(8-11-4-2-1-3-5-11)18(30)25-12(20(32)33)6-7-15(22)27/h1-5,12-14H,6-10,21H2,(H2,22,27)(H2,23,28)(H,24,29)(H,25,30)(H,26,31)(H,32,33). The summed E-state index contributed by atoms with van der Waals surface area (Å²) in [5.74, 6) is -5.49. The minimum absolute atomic E-state index is 0.0330. The van der Waals surface area contributed by atoms with Crippen molar-refractivity contribution >= 4 is 35.5 Å². The average Bonchev–Trinajstić information content (AvgIpc) is 2.75. The van der Waals surface area contributed by atoms with Crippen molar-refractivity contribution in [1.29, 1.82) is 0 Å². The number of aliphatic carboxylic acids is 1. The van der Waals surface area contributed by atoms with E-state index in [0.29, 0.717) is 5.56 Å². The van der Waals surface area contributed by atoms with Crippen molar-refractivity contribution in [2.45, 2.75) is 43.8 Å². The summed E-state index contributed by atoms with van der Waals surface area (Å²) in [6.07, 6.45) is -1.11. The third-order valence-corrected chi connectivity index (χ3v) is 4.45. The zero-order chi connectivity index (χ0) is 25.0. The number of carbonyl (C=O) groups is 6. The summed E-state index contributed by atoms with van der Waals surface area (Å²) in [6.45, 7) is -0.448. The molecule has 0 aliphatic heterocycles. The SMILES string of the molecule is NCC(=O)NC(CC(N)=O)C(=O)NC(Cc1ccccc1)C(=O)NC(CCC(N)=O)C(=O)O. The van der Waals surface area contributed by atoms with Gasteiger partial charge in [0.2, 0.25) is 29.5 Å². The molecule has 0 fully saturated rings. The molecule has 0 aliphatic rings. The number of hydrogen-bond acceptors (Lipinski definition) is 7. The van der Waals surface area contributed by atoms with Crippen LogP contribution >= 0.6 is 0 Å². The number of rotatable bonds is 14. The fourth-order valence-corrected chi connectivity index (χ4v) is 2.81. The second kappa shape index (κ2) is 13.4. The Labute approximate surface area is 189 Å². The number of carboxylic acids is 1. The van der Waals surface area contributed by atoms with Gasteiger partial charge in [0.15, 0.2) is 0 Å². The maximum atomic E-state index is 12.9. The van der Waals surface area contributed by atoms with Crippen LogP contribution < -0.4 is 33.2 Å². The van der Waals surface area contributed by atoms with Gasteiger partial charge in [0, 0.05) is 12.8 Å². The van der Waals surface area contributed by atoms with Crippen molar-refractivity contribution in [3.63, 3.8) is 0 Å². The minimum Gasteiger partial charge on any atom is -0.480 e. The molecule has 13 heteroatoms. The largest absolute Gasteiger partial charge is 0.480 e. The Morgan fingerprint density at radius 2 is 1.39 bits per heavy atom. The van der Waals surface area contributed by atoms with Crippen molar-refractivity contribution in [1.82, 2.24) is 16.0 Å². The maximum absolute atomic E-state index is 12.9. The Kier molecular flexibility index (Phi) is 11.0. The van der Waals surface area contributed by atoms with E-state index in [1.165, 1.54) is 0 Å². The molecule has 0 bridgehead atoms. The molecule has 1 aromatic carbocycles. The van der Waals surface area contributed by atoms with Crippen molar-refractivity contribution < 1.29 is 33.9 Å². The van der Waals surface area contributed by atoms with E-state index >= 15 is 0 Å². The average molecular weight is 464 g/mol. The quantitative estimate of drug-likeness (QED) is 0.148. The Hall–Kier alpha value is -4.00. The molecule has 1 rings (SSSR count). The molecule has 0 spiro atoms. The fourth-order valence-electron chi connectivity index (χ4n) is 2.81. The van der Waals surface area contributed by atoms with Gasteiger partial charge in [-0.1, -0.05) is 30.3 Å². The van der Waals surface area contributed by atoms with E-state index in [0.717, 1.165) is 0 Å². The lowest BCUT2D eigenvalue weighted by Crippen LogP contribution is -2.57. The van der Waals surface area contributed by atoms with Crippen LogP contribution in [0.3, 0.4) is 0 Å². The summed E-state index contributed by atoms with van der Waals surface area (Å²) in [5.41, 5.74) is 16.0. The molecule has 0 saturated carbocycles. The van der Waals surface area contributed by atoms with Crippen molar-refractivity contribution in [2.24, 2.45) is 17.2 Å². The van der Waals surface area contributed by atoms with Crippen LogP contribution in [0.15, 0.2) is 30.3 Å². The first-order valence-corrected chi connectivity index (χ1v) is 9.97. The van der Waals surface area contributed by atoms with Crippen LogP contribution in [0, 0.1) is 0 Å². The normalized spacial score (nSPS) is 13.1. The maximum Gasteiger partial charge on any atom is 0.326 e. The molecular weight excluding hydrogens is 436 g/mol. The summed E-state index contributed by atoms with van der Waals surface area (Å²) in [4.78, 5) is 71.0. The molecule has 3 unspecified atom stereocenters. The highest BCUT2D eigenvalue weighted by atomic mass is 16.4. The number of hydrogen-bond donors (Lipinski definition) is 7. The summed E-state index contributed by atoms with van der Waals surface area (Å²) in [5, 5.41) is 16.3. The Morgan fingerprint density at radius 1 is 0.818 bits per heavy atom. The molecule has 0 heterocycles. The number of nitrogens with two attached hydrogens (primary N) is 3. The summed E-state index contributed by atoms with van der Waals surface area (Å²) in [7, 11) is 0. The Morgan fingerprint density at radius 3 is 1.91 bits per heavy atom. The van der Waals surface area contributed by atoms with E-state index < -0.39 is 66.6 Å². The molecule has 13 nitrogen and oxygen atoms in total. The molecule has 10 N–H and O–H groups in total. The van der Waals surface area contributed by atoms with Crippen LogP contribution in [0.4, 0.5) is 0 Å². The Bertz CT molecular complexity index is 877. The van der Waals surface area contributed by atoms with Crippen LogP contribution in [0.1, 0.15) is 24.8 Å². The van der Waals surface area contributed by atoms with Gasteiger partial charge in [-0.2, -0.15) is 0 Å². The molecule has 5 amide bonds. The predicted octanol–water partition coefficient (Wildman–Crippen LogP) is -3.13. The lowest BCUT2D eigenvalue weighted by molar-refractivity contribution is -0.142. The Balaban J connectivity index is 3.08. The molecule has 0 saturated heterocycles. The van der Waals surface area contributed by atoms with E-state index in [4.69, 9.17) is 17.2 Å². The van der Waals surface area contributed by atoms with Gasteiger partial charge in [0.05, 0.1) is 13.0 Å². The van der Waals surface area contributed by atoms with Gasteiger partial charge in [-0.3, -0.25) is 24.0 Å². The smallest absolute Gasteiger partial charge is 0.326 e. The molecule has 0 radical (unpaired) electrons. The van der Waals surface area contributed by atoms with E-state index in [9.17, 15) is 33.9 Å². The fraction of sp³-hybridized carbons (Fsp3) is 0.400. The van der Waals surface area contributed by atoms with Crippen LogP contribution in [-0.2, 0) is 35.2 Å². The number of carboxylic acid groups (broad SMARTS) is 1. The molecule has 180 valence electrons. The first-order valence-electron chi connectivity index (χ1n) is 9.97. The number of benzene rings is 1. The minimum atomic E-state index is -1.43. The number of nitrogens with one attached hydrogen (secondary N) is 3. The zero-order valence-corrected chi connectivity index (χ0v) is 17.8. The van der Waals surface area contributed by atoms with E-state index in [1.807, 2.05) is 0 Å². The second-order valence-corrected chi connectivity index (χ2v) is 7.15. The van der Waals surface area contributed by atoms with Gasteiger partial charge < -0.3 is 38.3 Å². The van der Waals surface area contributed by atoms with Crippen molar-refractivity contribution in [2.75, 3.05) is 6.54 Å². The van der Waals surface area contributed by atoms with Crippen molar-refractivity contribution in [3.05, 3.63) is 35.9 Å². The second-order valence-electron chi connectivity index (χ2n) is 7.15. The van der Waals surface area contributed by atoms with Gasteiger partial charge in [-0.15, -0.1) is 0 Å². The van der Waals surface area contributed by atoms with E-state index in [1.54, 1.807) is 30.3 Å². The summed E-state index contributed by atoms with van der Waals surface area (Å²) < 4.78 is 0. The van der Waals surface area contributed by atoms with Gasteiger partial charge in [-0.05, 0) is 12.0 Å². The first kappa shape index (κ1) is 27.0. The third-order valence-electron chi connectivity index (χ3n) is 4.45. The third kappa shape index (κ3) is 10.2. The summed E-state index contributed by atoms with van der Waals surface area (Å²) >= 11 is 0. The first-order chi connectivity index (χ1) is 15.5.